The first-order valence-corrected chi connectivity index (χ1v) is 6.74. The van der Waals surface area contributed by atoms with Crippen molar-refractivity contribution >= 4 is 39.1 Å². The Morgan fingerprint density at radius 1 is 1.20 bits per heavy atom. The number of nitrogens with zero attached hydrogens (tertiary/aromatic N) is 1. The van der Waals surface area contributed by atoms with Crippen LogP contribution >= 0.6 is 32.9 Å². The third-order valence-electron chi connectivity index (χ3n) is 1.90. The summed E-state index contributed by atoms with van der Waals surface area (Å²) in [5.74, 6) is 0. The Balaban J connectivity index is 2.62. The van der Waals surface area contributed by atoms with E-state index in [-0.39, 0.29) is 0 Å². The molecule has 0 fully saturated rings. The molecule has 2 aromatic rings. The average molecular weight is 253 g/mol. The molecular formula is C10H7NOS3. The second kappa shape index (κ2) is 4.65. The molecule has 0 spiro atoms. The molecule has 0 amide bonds. The third kappa shape index (κ3) is 2.14. The summed E-state index contributed by atoms with van der Waals surface area (Å²) in [6.07, 6.45) is 1.43. The maximum absolute atomic E-state index is 8.55. The quantitative estimate of drug-likeness (QED) is 0.288. The molecule has 1 aromatic carbocycles. The molecule has 0 unspecified atom stereocenters. The predicted octanol–water partition coefficient (Wildman–Crippen LogP) is 4.01. The van der Waals surface area contributed by atoms with Gasteiger partial charge in [0.05, 0.1) is 11.1 Å². The van der Waals surface area contributed by atoms with Crippen LogP contribution in [0.1, 0.15) is 4.88 Å². The highest BCUT2D eigenvalue weighted by atomic mass is 32.9. The van der Waals surface area contributed by atoms with E-state index in [1.807, 2.05) is 30.3 Å². The lowest BCUT2D eigenvalue weighted by Gasteiger charge is -1.97. The predicted molar refractivity (Wildman–Crippen MR) is 67.8 cm³/mol. The van der Waals surface area contributed by atoms with Crippen molar-refractivity contribution in [3.63, 3.8) is 0 Å². The highest BCUT2D eigenvalue weighted by Crippen LogP contribution is 2.32. The zero-order chi connectivity index (χ0) is 10.7. The Kier molecular flexibility index (Phi) is 3.25. The van der Waals surface area contributed by atoms with Crippen LogP contribution in [0.4, 0.5) is 0 Å². The summed E-state index contributed by atoms with van der Waals surface area (Å²) in [5.41, 5.74) is 2.05. The van der Waals surface area contributed by atoms with Crippen LogP contribution in [0.25, 0.3) is 11.1 Å². The van der Waals surface area contributed by atoms with E-state index in [1.165, 1.54) is 26.9 Å². The summed E-state index contributed by atoms with van der Waals surface area (Å²) >= 11 is 5.25. The maximum atomic E-state index is 8.55. The fourth-order valence-corrected chi connectivity index (χ4v) is 3.93. The normalized spacial score (nSPS) is 10.9. The lowest BCUT2D eigenvalue weighted by Crippen LogP contribution is -1.81. The standard InChI is InChI=1S/C10H7NOS3/c12-11-6-8-9(10(13)15-14-8)7-4-2-1-3-5-7/h1-6,12H/b11-6-. The molecule has 1 N–H and O–H groups in total. The van der Waals surface area contributed by atoms with Crippen molar-refractivity contribution < 1.29 is 5.21 Å². The fourth-order valence-electron chi connectivity index (χ4n) is 1.27. The number of rotatable bonds is 2. The van der Waals surface area contributed by atoms with Gasteiger partial charge in [-0.1, -0.05) is 68.4 Å². The Bertz CT molecular complexity index is 527. The molecule has 0 saturated heterocycles. The fraction of sp³-hybridized carbons (Fsp3) is 0. The molecule has 0 saturated carbocycles. The van der Waals surface area contributed by atoms with Gasteiger partial charge in [-0.15, -0.1) is 0 Å². The van der Waals surface area contributed by atoms with Crippen LogP contribution in [-0.2, 0) is 0 Å². The van der Waals surface area contributed by atoms with Crippen LogP contribution in [0, 0.1) is 3.82 Å². The monoisotopic (exact) mass is 253 g/mol. The van der Waals surface area contributed by atoms with Crippen molar-refractivity contribution in [2.45, 2.75) is 0 Å². The van der Waals surface area contributed by atoms with Gasteiger partial charge >= 0.3 is 0 Å². The van der Waals surface area contributed by atoms with E-state index in [1.54, 1.807) is 0 Å². The Morgan fingerprint density at radius 2 is 1.93 bits per heavy atom. The minimum absolute atomic E-state index is 0.834. The Morgan fingerprint density at radius 3 is 2.60 bits per heavy atom. The van der Waals surface area contributed by atoms with Gasteiger partial charge in [-0.2, -0.15) is 0 Å². The Hall–Kier alpha value is -1.04. The largest absolute Gasteiger partial charge is 0.411 e. The SMILES string of the molecule is O/N=C\c1ssc(=S)c1-c1ccccc1. The molecule has 0 atom stereocenters. The van der Waals surface area contributed by atoms with Crippen LogP contribution in [0.3, 0.4) is 0 Å². The summed E-state index contributed by atoms with van der Waals surface area (Å²) in [4.78, 5) is 0.902. The maximum Gasteiger partial charge on any atom is 0.110 e. The molecule has 0 bridgehead atoms. The summed E-state index contributed by atoms with van der Waals surface area (Å²) < 4.78 is 0.834. The summed E-state index contributed by atoms with van der Waals surface area (Å²) in [6, 6.07) is 9.89. The van der Waals surface area contributed by atoms with Crippen LogP contribution in [0.2, 0.25) is 0 Å². The van der Waals surface area contributed by atoms with Crippen LogP contribution in [-0.4, -0.2) is 11.4 Å². The lowest BCUT2D eigenvalue weighted by molar-refractivity contribution is 0.322. The molecule has 76 valence electrons. The zero-order valence-corrected chi connectivity index (χ0v) is 10.0. The van der Waals surface area contributed by atoms with E-state index < -0.39 is 0 Å². The van der Waals surface area contributed by atoms with E-state index in [0.717, 1.165) is 19.8 Å². The number of oxime groups is 1. The summed E-state index contributed by atoms with van der Waals surface area (Å²) in [7, 11) is 3.04. The molecule has 15 heavy (non-hydrogen) atoms. The first kappa shape index (κ1) is 10.5. The van der Waals surface area contributed by atoms with Gasteiger partial charge in [0.15, 0.2) is 0 Å². The van der Waals surface area contributed by atoms with E-state index in [4.69, 9.17) is 17.4 Å². The molecule has 0 aliphatic carbocycles. The van der Waals surface area contributed by atoms with Gasteiger partial charge in [0, 0.05) is 5.56 Å². The van der Waals surface area contributed by atoms with Crippen molar-refractivity contribution in [1.82, 2.24) is 0 Å². The smallest absolute Gasteiger partial charge is 0.110 e. The van der Waals surface area contributed by atoms with E-state index in [2.05, 4.69) is 5.16 Å². The van der Waals surface area contributed by atoms with Gasteiger partial charge < -0.3 is 5.21 Å². The molecule has 0 radical (unpaired) electrons. The van der Waals surface area contributed by atoms with Crippen LogP contribution < -0.4 is 0 Å². The van der Waals surface area contributed by atoms with Gasteiger partial charge in [0.1, 0.15) is 3.82 Å². The van der Waals surface area contributed by atoms with Crippen molar-refractivity contribution in [3.8, 4) is 11.1 Å². The van der Waals surface area contributed by atoms with E-state index in [9.17, 15) is 0 Å². The second-order valence-corrected chi connectivity index (χ2v) is 5.65. The highest BCUT2D eigenvalue weighted by Gasteiger charge is 2.08. The second-order valence-electron chi connectivity index (χ2n) is 2.80. The molecule has 2 nitrogen and oxygen atoms in total. The Labute approximate surface area is 99.5 Å². The molecule has 0 aliphatic rings. The molecule has 5 heteroatoms. The van der Waals surface area contributed by atoms with Gasteiger partial charge in [0.25, 0.3) is 0 Å². The molecule has 0 aliphatic heterocycles. The van der Waals surface area contributed by atoms with Gasteiger partial charge in [0.2, 0.25) is 0 Å². The van der Waals surface area contributed by atoms with Crippen molar-refractivity contribution in [2.75, 3.05) is 0 Å². The number of hydrogen-bond donors (Lipinski definition) is 1. The van der Waals surface area contributed by atoms with Gasteiger partial charge in [-0.25, -0.2) is 0 Å². The van der Waals surface area contributed by atoms with Crippen molar-refractivity contribution in [2.24, 2.45) is 5.16 Å². The number of hydrogen-bond acceptors (Lipinski definition) is 5. The van der Waals surface area contributed by atoms with E-state index in [0.29, 0.717) is 0 Å². The molecular weight excluding hydrogens is 246 g/mol. The third-order valence-corrected chi connectivity index (χ3v) is 4.88. The summed E-state index contributed by atoms with van der Waals surface area (Å²) in [5, 5.41) is 11.6. The van der Waals surface area contributed by atoms with Gasteiger partial charge in [-0.05, 0) is 5.56 Å². The zero-order valence-electron chi connectivity index (χ0n) is 7.58. The van der Waals surface area contributed by atoms with Crippen molar-refractivity contribution in [1.29, 1.82) is 0 Å². The lowest BCUT2D eigenvalue weighted by atomic mass is 10.1. The molecule has 2 rings (SSSR count). The summed E-state index contributed by atoms with van der Waals surface area (Å²) in [6.45, 7) is 0. The average Bonchev–Trinajstić information content (AvgIpc) is 2.62. The first-order valence-electron chi connectivity index (χ1n) is 4.19. The molecule has 1 aromatic heterocycles. The van der Waals surface area contributed by atoms with E-state index >= 15 is 0 Å². The minimum atomic E-state index is 0.834. The van der Waals surface area contributed by atoms with Gasteiger partial charge in [-0.3, -0.25) is 0 Å². The highest BCUT2D eigenvalue weighted by molar-refractivity contribution is 7.80. The van der Waals surface area contributed by atoms with Crippen LogP contribution in [0.5, 0.6) is 0 Å². The minimum Gasteiger partial charge on any atom is -0.411 e. The first-order chi connectivity index (χ1) is 7.33. The van der Waals surface area contributed by atoms with Crippen molar-refractivity contribution in [3.05, 3.63) is 39.0 Å². The number of benzene rings is 1. The topological polar surface area (TPSA) is 32.6 Å². The van der Waals surface area contributed by atoms with Crippen LogP contribution in [0.15, 0.2) is 35.5 Å². The molecule has 1 heterocycles.